The number of esters is 1. The van der Waals surface area contributed by atoms with Gasteiger partial charge in [0.15, 0.2) is 5.43 Å². The van der Waals surface area contributed by atoms with Crippen molar-refractivity contribution in [2.45, 2.75) is 26.2 Å². The Labute approximate surface area is 168 Å². The molecule has 0 spiro atoms. The maximum absolute atomic E-state index is 13.1. The van der Waals surface area contributed by atoms with E-state index in [2.05, 4.69) is 6.08 Å². The van der Waals surface area contributed by atoms with Crippen molar-refractivity contribution in [3.63, 3.8) is 0 Å². The molecule has 1 aliphatic rings. The SMILES string of the molecule is CCOc1ccc(C=C2CCCc3c2oc2ccc(C(=O)OC)cc2c3=O)cc1. The third-order valence-corrected chi connectivity index (χ3v) is 5.10. The van der Waals surface area contributed by atoms with E-state index in [1.807, 2.05) is 31.2 Å². The standard InChI is InChI=1S/C24H22O5/c1-3-28-18-10-7-15(8-11-18)13-16-5-4-6-19-22(25)20-14-17(24(26)27-2)9-12-21(20)29-23(16)19/h7-14H,3-6H2,1-2H3. The average molecular weight is 390 g/mol. The summed E-state index contributed by atoms with van der Waals surface area (Å²) in [6.07, 6.45) is 4.44. The lowest BCUT2D eigenvalue weighted by Gasteiger charge is -2.18. The van der Waals surface area contributed by atoms with Gasteiger partial charge in [0.1, 0.15) is 17.1 Å². The Bertz CT molecular complexity index is 1150. The van der Waals surface area contributed by atoms with Gasteiger partial charge in [-0.2, -0.15) is 0 Å². The minimum absolute atomic E-state index is 0.0794. The molecule has 1 aliphatic carbocycles. The Morgan fingerprint density at radius 2 is 1.93 bits per heavy atom. The highest BCUT2D eigenvalue weighted by molar-refractivity contribution is 5.94. The molecule has 0 saturated carbocycles. The van der Waals surface area contributed by atoms with Crippen LogP contribution in [0.5, 0.6) is 5.75 Å². The summed E-state index contributed by atoms with van der Waals surface area (Å²) in [7, 11) is 1.32. The van der Waals surface area contributed by atoms with Gasteiger partial charge < -0.3 is 13.9 Å². The molecular formula is C24H22O5. The van der Waals surface area contributed by atoms with Crippen LogP contribution < -0.4 is 10.2 Å². The highest BCUT2D eigenvalue weighted by Crippen LogP contribution is 2.33. The summed E-state index contributed by atoms with van der Waals surface area (Å²) in [5.74, 6) is 1.01. The van der Waals surface area contributed by atoms with Gasteiger partial charge in [-0.3, -0.25) is 4.79 Å². The lowest BCUT2D eigenvalue weighted by atomic mass is 9.90. The summed E-state index contributed by atoms with van der Waals surface area (Å²) in [5.41, 5.74) is 3.44. The van der Waals surface area contributed by atoms with Crippen molar-refractivity contribution in [3.8, 4) is 5.75 Å². The molecule has 2 aromatic carbocycles. The first-order chi connectivity index (χ1) is 14.1. The van der Waals surface area contributed by atoms with Crippen LogP contribution in [0.3, 0.4) is 0 Å². The van der Waals surface area contributed by atoms with Crippen molar-refractivity contribution in [2.75, 3.05) is 13.7 Å². The van der Waals surface area contributed by atoms with Gasteiger partial charge in [-0.05, 0) is 73.7 Å². The topological polar surface area (TPSA) is 65.7 Å². The second-order valence-electron chi connectivity index (χ2n) is 6.97. The molecule has 0 aliphatic heterocycles. The second-order valence-corrected chi connectivity index (χ2v) is 6.97. The first-order valence-corrected chi connectivity index (χ1v) is 9.72. The molecule has 0 saturated heterocycles. The number of benzene rings is 2. The summed E-state index contributed by atoms with van der Waals surface area (Å²) in [6, 6.07) is 12.7. The third-order valence-electron chi connectivity index (χ3n) is 5.10. The van der Waals surface area contributed by atoms with Crippen LogP contribution in [-0.2, 0) is 11.2 Å². The molecule has 29 heavy (non-hydrogen) atoms. The summed E-state index contributed by atoms with van der Waals surface area (Å²) in [4.78, 5) is 24.9. The van der Waals surface area contributed by atoms with Gasteiger partial charge in [-0.25, -0.2) is 4.79 Å². The average Bonchev–Trinajstić information content (AvgIpc) is 2.75. The summed E-state index contributed by atoms with van der Waals surface area (Å²) in [5, 5.41) is 0.411. The van der Waals surface area contributed by atoms with E-state index >= 15 is 0 Å². The Morgan fingerprint density at radius 1 is 1.14 bits per heavy atom. The molecule has 0 atom stereocenters. The van der Waals surface area contributed by atoms with Crippen LogP contribution >= 0.6 is 0 Å². The van der Waals surface area contributed by atoms with Crippen molar-refractivity contribution in [1.29, 1.82) is 0 Å². The highest BCUT2D eigenvalue weighted by atomic mass is 16.5. The third kappa shape index (κ3) is 3.68. The molecule has 5 heteroatoms. The Kier molecular flexibility index (Phi) is 5.21. The van der Waals surface area contributed by atoms with E-state index in [9.17, 15) is 9.59 Å². The monoisotopic (exact) mass is 390 g/mol. The van der Waals surface area contributed by atoms with E-state index in [4.69, 9.17) is 13.9 Å². The number of hydrogen-bond donors (Lipinski definition) is 0. The number of fused-ring (bicyclic) bond motifs is 2. The molecular weight excluding hydrogens is 368 g/mol. The Morgan fingerprint density at radius 3 is 2.66 bits per heavy atom. The van der Waals surface area contributed by atoms with Gasteiger partial charge in [0, 0.05) is 5.56 Å². The Balaban J connectivity index is 1.79. The van der Waals surface area contributed by atoms with E-state index in [0.29, 0.717) is 40.9 Å². The van der Waals surface area contributed by atoms with Gasteiger partial charge in [0.05, 0.1) is 24.7 Å². The molecule has 1 heterocycles. The molecule has 0 fully saturated rings. The molecule has 148 valence electrons. The number of rotatable bonds is 4. The number of allylic oxidation sites excluding steroid dienone is 1. The molecule has 1 aromatic heterocycles. The zero-order valence-electron chi connectivity index (χ0n) is 16.5. The van der Waals surface area contributed by atoms with E-state index in [1.54, 1.807) is 18.2 Å². The minimum atomic E-state index is -0.472. The van der Waals surface area contributed by atoms with Crippen LogP contribution in [0.4, 0.5) is 0 Å². The number of ether oxygens (including phenoxy) is 2. The molecule has 0 radical (unpaired) electrons. The lowest BCUT2D eigenvalue weighted by Crippen LogP contribution is -2.16. The van der Waals surface area contributed by atoms with Crippen molar-refractivity contribution >= 4 is 28.6 Å². The van der Waals surface area contributed by atoms with Crippen molar-refractivity contribution < 1.29 is 18.7 Å². The van der Waals surface area contributed by atoms with Gasteiger partial charge >= 0.3 is 5.97 Å². The predicted octanol–water partition coefficient (Wildman–Crippen LogP) is 4.86. The molecule has 0 amide bonds. The van der Waals surface area contributed by atoms with Gasteiger partial charge in [0.2, 0.25) is 0 Å². The fourth-order valence-corrected chi connectivity index (χ4v) is 3.70. The Hall–Kier alpha value is -3.34. The first-order valence-electron chi connectivity index (χ1n) is 9.72. The second kappa shape index (κ2) is 7.95. The molecule has 5 nitrogen and oxygen atoms in total. The van der Waals surface area contributed by atoms with Gasteiger partial charge in [-0.1, -0.05) is 12.1 Å². The van der Waals surface area contributed by atoms with Crippen molar-refractivity contribution in [2.24, 2.45) is 0 Å². The molecule has 4 rings (SSSR count). The fourth-order valence-electron chi connectivity index (χ4n) is 3.70. The molecule has 3 aromatic rings. The number of carbonyl (C=O) groups excluding carboxylic acids is 1. The maximum Gasteiger partial charge on any atom is 0.337 e. The fraction of sp³-hybridized carbons (Fsp3) is 0.250. The maximum atomic E-state index is 13.1. The smallest absolute Gasteiger partial charge is 0.337 e. The van der Waals surface area contributed by atoms with E-state index in [-0.39, 0.29) is 5.43 Å². The van der Waals surface area contributed by atoms with E-state index < -0.39 is 5.97 Å². The number of carbonyl (C=O) groups is 1. The summed E-state index contributed by atoms with van der Waals surface area (Å²) >= 11 is 0. The summed E-state index contributed by atoms with van der Waals surface area (Å²) < 4.78 is 16.4. The van der Waals surface area contributed by atoms with Crippen LogP contribution in [0.25, 0.3) is 22.6 Å². The minimum Gasteiger partial charge on any atom is -0.494 e. The zero-order chi connectivity index (χ0) is 20.4. The van der Waals surface area contributed by atoms with Crippen LogP contribution in [0, 0.1) is 0 Å². The van der Waals surface area contributed by atoms with Gasteiger partial charge in [-0.15, -0.1) is 0 Å². The summed E-state index contributed by atoms with van der Waals surface area (Å²) in [6.45, 7) is 2.58. The van der Waals surface area contributed by atoms with Crippen LogP contribution in [0.15, 0.2) is 51.7 Å². The quantitative estimate of drug-likeness (QED) is 0.596. The molecule has 0 bridgehead atoms. The van der Waals surface area contributed by atoms with E-state index in [1.165, 1.54) is 7.11 Å². The van der Waals surface area contributed by atoms with Crippen molar-refractivity contribution in [3.05, 3.63) is 75.1 Å². The van der Waals surface area contributed by atoms with Gasteiger partial charge in [0.25, 0.3) is 0 Å². The van der Waals surface area contributed by atoms with Crippen molar-refractivity contribution in [1.82, 2.24) is 0 Å². The molecule has 0 N–H and O–H groups in total. The highest BCUT2D eigenvalue weighted by Gasteiger charge is 2.22. The molecule has 0 unspecified atom stereocenters. The largest absolute Gasteiger partial charge is 0.494 e. The number of hydrogen-bond acceptors (Lipinski definition) is 5. The first kappa shape index (κ1) is 19.0. The predicted molar refractivity (Wildman–Crippen MR) is 112 cm³/mol. The van der Waals surface area contributed by atoms with Crippen LogP contribution in [-0.4, -0.2) is 19.7 Å². The van der Waals surface area contributed by atoms with E-state index in [0.717, 1.165) is 29.7 Å². The van der Waals surface area contributed by atoms with Crippen LogP contribution in [0.2, 0.25) is 0 Å². The lowest BCUT2D eigenvalue weighted by molar-refractivity contribution is 0.0601. The van der Waals surface area contributed by atoms with Crippen LogP contribution in [0.1, 0.15) is 47.0 Å². The zero-order valence-corrected chi connectivity index (χ0v) is 16.5. The normalized spacial score (nSPS) is 14.6. The number of methoxy groups -OCH3 is 1.